The second-order valence-corrected chi connectivity index (χ2v) is 30.7. The molecule has 0 radical (unpaired) electrons. The zero-order valence-electron chi connectivity index (χ0n) is 61.3. The number of hydrogen-bond acceptors (Lipinski definition) is 15. The number of aliphatic hydroxyl groups excluding tert-OH is 1. The zero-order valence-corrected chi connectivity index (χ0v) is 63.1. The average Bonchev–Trinajstić information content (AvgIpc) is 3.13. The fourth-order valence-electron chi connectivity index (χ4n) is 11.4. The molecule has 0 spiro atoms. The van der Waals surface area contributed by atoms with E-state index in [2.05, 4.69) is 41.5 Å². The lowest BCUT2D eigenvalue weighted by Crippen LogP contribution is -2.30. The van der Waals surface area contributed by atoms with Crippen LogP contribution in [-0.2, 0) is 65.4 Å². The Balaban J connectivity index is 5.13. The molecule has 0 saturated carbocycles. The first kappa shape index (κ1) is 92.1. The summed E-state index contributed by atoms with van der Waals surface area (Å²) in [5, 5.41) is 10.6. The molecule has 0 aromatic rings. The van der Waals surface area contributed by atoms with Gasteiger partial charge in [0.1, 0.15) is 19.3 Å². The van der Waals surface area contributed by atoms with Gasteiger partial charge in [-0.1, -0.05) is 337 Å². The molecule has 0 aliphatic rings. The fraction of sp³-hybridized carbons (Fsp3) is 0.947. The number of esters is 4. The highest BCUT2D eigenvalue weighted by molar-refractivity contribution is 7.47. The van der Waals surface area contributed by atoms with Gasteiger partial charge < -0.3 is 33.8 Å². The van der Waals surface area contributed by atoms with Crippen molar-refractivity contribution in [3.63, 3.8) is 0 Å². The molecule has 94 heavy (non-hydrogen) atoms. The summed E-state index contributed by atoms with van der Waals surface area (Å²) in [6.45, 7) is 9.53. The first-order chi connectivity index (χ1) is 45.4. The van der Waals surface area contributed by atoms with Crippen LogP contribution >= 0.6 is 15.6 Å². The van der Waals surface area contributed by atoms with Crippen LogP contribution < -0.4 is 0 Å². The lowest BCUT2D eigenvalue weighted by atomic mass is 9.99. The molecule has 3 N–H and O–H groups in total. The summed E-state index contributed by atoms with van der Waals surface area (Å²) in [5.41, 5.74) is 0. The Morgan fingerprint density at radius 3 is 0.809 bits per heavy atom. The minimum absolute atomic E-state index is 0.104. The van der Waals surface area contributed by atoms with Crippen molar-refractivity contribution in [2.75, 3.05) is 39.6 Å². The van der Waals surface area contributed by atoms with Gasteiger partial charge in [0.25, 0.3) is 0 Å². The fourth-order valence-corrected chi connectivity index (χ4v) is 13.0. The van der Waals surface area contributed by atoms with Crippen molar-refractivity contribution in [3.8, 4) is 0 Å². The van der Waals surface area contributed by atoms with E-state index in [0.29, 0.717) is 25.7 Å². The lowest BCUT2D eigenvalue weighted by Gasteiger charge is -2.21. The molecule has 17 nitrogen and oxygen atoms in total. The monoisotopic (exact) mass is 1380 g/mol. The third-order valence-corrected chi connectivity index (χ3v) is 19.7. The molecule has 6 atom stereocenters. The van der Waals surface area contributed by atoms with Crippen molar-refractivity contribution in [3.05, 3.63) is 0 Å². The molecule has 0 aromatic carbocycles. The van der Waals surface area contributed by atoms with Gasteiger partial charge in [-0.3, -0.25) is 37.3 Å². The van der Waals surface area contributed by atoms with Crippen LogP contribution in [0.2, 0.25) is 0 Å². The van der Waals surface area contributed by atoms with Crippen molar-refractivity contribution in [1.82, 2.24) is 0 Å². The van der Waals surface area contributed by atoms with Crippen LogP contribution in [0.15, 0.2) is 0 Å². The summed E-state index contributed by atoms with van der Waals surface area (Å²) >= 11 is 0. The number of carbonyl (C=O) groups excluding carboxylic acids is 4. The maximum absolute atomic E-state index is 13.1. The molecule has 0 rings (SSSR count). The van der Waals surface area contributed by atoms with Gasteiger partial charge in [-0.05, 0) is 37.5 Å². The van der Waals surface area contributed by atoms with Gasteiger partial charge in [-0.25, -0.2) is 9.13 Å². The van der Waals surface area contributed by atoms with E-state index in [-0.39, 0.29) is 25.7 Å². The summed E-state index contributed by atoms with van der Waals surface area (Å²) in [6.07, 6.45) is 54.6. The van der Waals surface area contributed by atoms with Crippen LogP contribution in [0, 0.1) is 11.8 Å². The van der Waals surface area contributed by atoms with Gasteiger partial charge >= 0.3 is 39.5 Å². The van der Waals surface area contributed by atoms with Crippen molar-refractivity contribution in [2.45, 2.75) is 407 Å². The van der Waals surface area contributed by atoms with Gasteiger partial charge in [-0.2, -0.15) is 0 Å². The standard InChI is InChI=1S/C75H146O17P2/c1-7-10-12-14-15-16-17-18-19-25-28-31-34-40-46-52-58-73(78)86-64-71(92-74(79)59-53-47-41-35-32-29-26-23-21-20-22-24-27-30-33-38-44-49-55-67(4)5)66-90-94(83,84)88-62-69(76)61-87-93(81,82)89-65-70(63-85-72(77)57-51-43-13-11-8-2)91-75(80)60-54-48-42-37-36-39-45-50-56-68(6)9-3/h67-71,76H,7-66H2,1-6H3,(H,81,82)(H,83,84)/t68?,69-,70+,71+/m0/s1. The molecule has 3 unspecified atom stereocenters. The Hall–Kier alpha value is -1.94. The summed E-state index contributed by atoms with van der Waals surface area (Å²) in [5.74, 6) is -0.539. The smallest absolute Gasteiger partial charge is 0.462 e. The first-order valence-corrected chi connectivity index (χ1v) is 42.0. The summed E-state index contributed by atoms with van der Waals surface area (Å²) in [7, 11) is -9.90. The van der Waals surface area contributed by atoms with E-state index < -0.39 is 97.5 Å². The Kier molecular flexibility index (Phi) is 65.5. The summed E-state index contributed by atoms with van der Waals surface area (Å²) < 4.78 is 68.2. The summed E-state index contributed by atoms with van der Waals surface area (Å²) in [4.78, 5) is 72.5. The third kappa shape index (κ3) is 67.3. The minimum Gasteiger partial charge on any atom is -0.462 e. The van der Waals surface area contributed by atoms with E-state index in [1.54, 1.807) is 0 Å². The predicted molar refractivity (Wildman–Crippen MR) is 381 cm³/mol. The van der Waals surface area contributed by atoms with Crippen molar-refractivity contribution in [1.29, 1.82) is 0 Å². The van der Waals surface area contributed by atoms with Gasteiger partial charge in [0.05, 0.1) is 26.4 Å². The first-order valence-electron chi connectivity index (χ1n) is 39.0. The molecule has 0 amide bonds. The van der Waals surface area contributed by atoms with Crippen LogP contribution in [0.1, 0.15) is 388 Å². The Labute approximate surface area is 575 Å². The van der Waals surface area contributed by atoms with E-state index in [1.165, 1.54) is 199 Å². The van der Waals surface area contributed by atoms with Crippen LogP contribution in [0.25, 0.3) is 0 Å². The van der Waals surface area contributed by atoms with Crippen LogP contribution in [0.5, 0.6) is 0 Å². The normalized spacial score (nSPS) is 14.3. The maximum atomic E-state index is 13.1. The van der Waals surface area contributed by atoms with Crippen molar-refractivity contribution in [2.24, 2.45) is 11.8 Å². The molecule has 558 valence electrons. The van der Waals surface area contributed by atoms with Gasteiger partial charge in [0.15, 0.2) is 12.2 Å². The molecule has 0 aliphatic heterocycles. The number of carbonyl (C=O) groups is 4. The highest BCUT2D eigenvalue weighted by Gasteiger charge is 2.30. The average molecular weight is 1380 g/mol. The molecule has 0 bridgehead atoms. The second kappa shape index (κ2) is 66.9. The maximum Gasteiger partial charge on any atom is 0.472 e. The van der Waals surface area contributed by atoms with Crippen molar-refractivity contribution < 1.29 is 80.2 Å². The topological polar surface area (TPSA) is 237 Å². The SMILES string of the molecule is CCCCCCCCCCCCCCCCCCC(=O)OC[C@H](COP(=O)(O)OC[C@@H](O)COP(=O)(O)OC[C@@H](COC(=O)CCCCCCC)OC(=O)CCCCCCCCCCC(C)CC)OC(=O)CCCCCCCCCCCCCCCCCCCCC(C)C. The van der Waals surface area contributed by atoms with Crippen LogP contribution in [-0.4, -0.2) is 96.7 Å². The van der Waals surface area contributed by atoms with Crippen LogP contribution in [0.4, 0.5) is 0 Å². The van der Waals surface area contributed by atoms with E-state index in [9.17, 15) is 43.2 Å². The number of ether oxygens (including phenoxy) is 4. The van der Waals surface area contributed by atoms with Gasteiger partial charge in [0.2, 0.25) is 0 Å². The van der Waals surface area contributed by atoms with Crippen molar-refractivity contribution >= 4 is 39.5 Å². The quantitative estimate of drug-likeness (QED) is 0.0222. The Bertz CT molecular complexity index is 1820. The Morgan fingerprint density at radius 1 is 0.309 bits per heavy atom. The van der Waals surface area contributed by atoms with E-state index in [0.717, 1.165) is 108 Å². The number of aliphatic hydroxyl groups is 1. The second-order valence-electron chi connectivity index (χ2n) is 27.8. The van der Waals surface area contributed by atoms with Crippen LogP contribution in [0.3, 0.4) is 0 Å². The highest BCUT2D eigenvalue weighted by Crippen LogP contribution is 2.45. The Morgan fingerprint density at radius 2 is 0.543 bits per heavy atom. The largest absolute Gasteiger partial charge is 0.472 e. The number of hydrogen-bond donors (Lipinski definition) is 3. The van der Waals surface area contributed by atoms with Gasteiger partial charge in [-0.15, -0.1) is 0 Å². The molecular weight excluding hydrogens is 1230 g/mol. The third-order valence-electron chi connectivity index (χ3n) is 17.8. The van der Waals surface area contributed by atoms with Gasteiger partial charge in [0, 0.05) is 25.7 Å². The van der Waals surface area contributed by atoms with E-state index >= 15 is 0 Å². The molecule has 0 aromatic heterocycles. The van der Waals surface area contributed by atoms with E-state index in [4.69, 9.17) is 37.0 Å². The zero-order chi connectivity index (χ0) is 69.3. The molecule has 0 saturated heterocycles. The number of rotatable bonds is 74. The van der Waals surface area contributed by atoms with E-state index in [1.807, 2.05) is 0 Å². The number of unbranched alkanes of at least 4 members (excludes halogenated alkanes) is 43. The molecule has 0 aliphatic carbocycles. The molecule has 0 heterocycles. The molecular formula is C75H146O17P2. The number of phosphoric ester groups is 2. The molecule has 19 heteroatoms. The molecule has 0 fully saturated rings. The minimum atomic E-state index is -4.95. The summed E-state index contributed by atoms with van der Waals surface area (Å²) in [6, 6.07) is 0. The lowest BCUT2D eigenvalue weighted by molar-refractivity contribution is -0.161. The highest BCUT2D eigenvalue weighted by atomic mass is 31.2. The predicted octanol–water partition coefficient (Wildman–Crippen LogP) is 21.9. The number of phosphoric acid groups is 2.